The topological polar surface area (TPSA) is 65.9 Å². The summed E-state index contributed by atoms with van der Waals surface area (Å²) >= 11 is 0. The number of para-hydroxylation sites is 1. The molecule has 0 atom stereocenters. The van der Waals surface area contributed by atoms with Gasteiger partial charge in [-0.2, -0.15) is 4.52 Å². The van der Waals surface area contributed by atoms with Gasteiger partial charge < -0.3 is 14.2 Å². The van der Waals surface area contributed by atoms with E-state index in [2.05, 4.69) is 59.0 Å². The van der Waals surface area contributed by atoms with Gasteiger partial charge in [0.25, 0.3) is 0 Å². The van der Waals surface area contributed by atoms with E-state index >= 15 is 0 Å². The molecule has 0 radical (unpaired) electrons. The fourth-order valence-electron chi connectivity index (χ4n) is 4.33. The number of hydrogen-bond acceptors (Lipinski definition) is 7. The van der Waals surface area contributed by atoms with E-state index in [1.807, 2.05) is 22.8 Å². The van der Waals surface area contributed by atoms with E-state index in [9.17, 15) is 0 Å². The highest BCUT2D eigenvalue weighted by molar-refractivity contribution is 5.58. The summed E-state index contributed by atoms with van der Waals surface area (Å²) in [5.41, 5.74) is 3.22. The number of benzene rings is 1. The van der Waals surface area contributed by atoms with Crippen LogP contribution in [0.15, 0.2) is 59.3 Å². The first-order valence-electron chi connectivity index (χ1n) is 11.7. The van der Waals surface area contributed by atoms with Crippen LogP contribution in [0, 0.1) is 0 Å². The second kappa shape index (κ2) is 9.62. The van der Waals surface area contributed by atoms with Crippen LogP contribution >= 0.6 is 0 Å². The monoisotopic (exact) mass is 445 g/mol. The van der Waals surface area contributed by atoms with Crippen LogP contribution in [0.25, 0.3) is 17.2 Å². The fraction of sp³-hybridized carbons (Fsp3) is 0.400. The van der Waals surface area contributed by atoms with E-state index in [1.54, 1.807) is 6.26 Å². The quantitative estimate of drug-likeness (QED) is 0.407. The van der Waals surface area contributed by atoms with Crippen LogP contribution in [0.1, 0.15) is 25.3 Å². The number of hydrogen-bond donors (Lipinski definition) is 0. The number of rotatable bonds is 8. The van der Waals surface area contributed by atoms with Crippen molar-refractivity contribution in [1.29, 1.82) is 0 Å². The first kappa shape index (κ1) is 21.5. The molecule has 1 fully saturated rings. The van der Waals surface area contributed by atoms with Crippen molar-refractivity contribution in [3.63, 3.8) is 0 Å². The van der Waals surface area contributed by atoms with Crippen molar-refractivity contribution in [2.75, 3.05) is 49.6 Å². The SMILES string of the molecule is CCCCN(C)c1ncc(CN2CCN(c3ccccc3)CC2)c2nc(-c3ccco3)nn12. The summed E-state index contributed by atoms with van der Waals surface area (Å²) in [4.78, 5) is 16.7. The molecular formula is C25H31N7O. The maximum Gasteiger partial charge on any atom is 0.228 e. The third kappa shape index (κ3) is 4.57. The minimum atomic E-state index is 0.591. The van der Waals surface area contributed by atoms with Crippen molar-refractivity contribution < 1.29 is 4.42 Å². The van der Waals surface area contributed by atoms with Gasteiger partial charge in [-0.1, -0.05) is 31.5 Å². The van der Waals surface area contributed by atoms with Crippen LogP contribution < -0.4 is 9.80 Å². The molecule has 1 aromatic carbocycles. The largest absolute Gasteiger partial charge is 0.461 e. The van der Waals surface area contributed by atoms with E-state index in [0.717, 1.165) is 69.3 Å². The molecule has 3 aromatic heterocycles. The standard InChI is InChI=1S/C25H31N7O/c1-3-4-12-29(2)25-26-18-20(24-27-23(28-32(24)25)22-11-8-17-33-22)19-30-13-15-31(16-14-30)21-9-6-5-7-10-21/h5-11,17-18H,3-4,12-16,19H2,1-2H3. The average molecular weight is 446 g/mol. The molecule has 0 spiro atoms. The molecule has 1 saturated heterocycles. The number of anilines is 2. The van der Waals surface area contributed by atoms with Crippen LogP contribution in [-0.4, -0.2) is 64.3 Å². The fourth-order valence-corrected chi connectivity index (χ4v) is 4.33. The Balaban J connectivity index is 1.39. The Morgan fingerprint density at radius 3 is 2.58 bits per heavy atom. The second-order valence-corrected chi connectivity index (χ2v) is 8.61. The van der Waals surface area contributed by atoms with Gasteiger partial charge in [0.15, 0.2) is 11.4 Å². The molecule has 33 heavy (non-hydrogen) atoms. The highest BCUT2D eigenvalue weighted by Gasteiger charge is 2.22. The Bertz CT molecular complexity index is 1160. The van der Waals surface area contributed by atoms with Gasteiger partial charge in [-0.15, -0.1) is 5.10 Å². The maximum absolute atomic E-state index is 5.57. The summed E-state index contributed by atoms with van der Waals surface area (Å²) < 4.78 is 7.45. The molecule has 0 bridgehead atoms. The van der Waals surface area contributed by atoms with Gasteiger partial charge in [0.2, 0.25) is 11.8 Å². The Morgan fingerprint density at radius 1 is 1.03 bits per heavy atom. The Morgan fingerprint density at radius 2 is 1.85 bits per heavy atom. The summed E-state index contributed by atoms with van der Waals surface area (Å²) in [7, 11) is 2.06. The Hall–Kier alpha value is -3.39. The molecule has 0 unspecified atom stereocenters. The third-order valence-electron chi connectivity index (χ3n) is 6.24. The van der Waals surface area contributed by atoms with Gasteiger partial charge >= 0.3 is 0 Å². The first-order chi connectivity index (χ1) is 16.2. The lowest BCUT2D eigenvalue weighted by Crippen LogP contribution is -2.46. The lowest BCUT2D eigenvalue weighted by molar-refractivity contribution is 0.250. The molecule has 5 rings (SSSR count). The number of aromatic nitrogens is 4. The number of furan rings is 1. The normalized spacial score (nSPS) is 14.8. The highest BCUT2D eigenvalue weighted by atomic mass is 16.3. The molecule has 172 valence electrons. The van der Waals surface area contributed by atoms with E-state index in [1.165, 1.54) is 5.69 Å². The molecule has 8 nitrogen and oxygen atoms in total. The molecule has 1 aliphatic heterocycles. The lowest BCUT2D eigenvalue weighted by atomic mass is 10.2. The number of nitrogens with zero attached hydrogens (tertiary/aromatic N) is 7. The zero-order chi connectivity index (χ0) is 22.6. The minimum Gasteiger partial charge on any atom is -0.461 e. The molecule has 1 aliphatic rings. The van der Waals surface area contributed by atoms with Crippen molar-refractivity contribution in [1.82, 2.24) is 24.5 Å². The lowest BCUT2D eigenvalue weighted by Gasteiger charge is -2.36. The van der Waals surface area contributed by atoms with Crippen molar-refractivity contribution in [3.8, 4) is 11.6 Å². The Kier molecular flexibility index (Phi) is 6.26. The predicted octanol–water partition coefficient (Wildman–Crippen LogP) is 3.94. The van der Waals surface area contributed by atoms with Crippen LogP contribution in [-0.2, 0) is 6.54 Å². The zero-order valence-corrected chi connectivity index (χ0v) is 19.4. The van der Waals surface area contributed by atoms with E-state index in [-0.39, 0.29) is 0 Å². The third-order valence-corrected chi connectivity index (χ3v) is 6.24. The van der Waals surface area contributed by atoms with Gasteiger partial charge in [-0.05, 0) is 30.7 Å². The predicted molar refractivity (Wildman–Crippen MR) is 131 cm³/mol. The van der Waals surface area contributed by atoms with Crippen LogP contribution in [0.5, 0.6) is 0 Å². The van der Waals surface area contributed by atoms with E-state index in [0.29, 0.717) is 11.6 Å². The summed E-state index contributed by atoms with van der Waals surface area (Å²) in [6.07, 6.45) is 5.86. The van der Waals surface area contributed by atoms with Gasteiger partial charge in [-0.3, -0.25) is 4.90 Å². The molecule has 0 N–H and O–H groups in total. The Labute approximate surface area is 194 Å². The zero-order valence-electron chi connectivity index (χ0n) is 19.4. The molecule has 8 heteroatoms. The molecule has 0 amide bonds. The van der Waals surface area contributed by atoms with Crippen molar-refractivity contribution in [3.05, 3.63) is 60.5 Å². The van der Waals surface area contributed by atoms with Crippen molar-refractivity contribution in [2.24, 2.45) is 0 Å². The molecule has 0 saturated carbocycles. The summed E-state index contributed by atoms with van der Waals surface area (Å²) in [5, 5.41) is 4.77. The number of fused-ring (bicyclic) bond motifs is 1. The van der Waals surface area contributed by atoms with Crippen molar-refractivity contribution in [2.45, 2.75) is 26.3 Å². The van der Waals surface area contributed by atoms with Crippen LogP contribution in [0.3, 0.4) is 0 Å². The van der Waals surface area contributed by atoms with Gasteiger partial charge in [-0.25, -0.2) is 9.97 Å². The highest BCUT2D eigenvalue weighted by Crippen LogP contribution is 2.23. The minimum absolute atomic E-state index is 0.591. The van der Waals surface area contributed by atoms with Crippen LogP contribution in [0.4, 0.5) is 11.6 Å². The summed E-state index contributed by atoms with van der Waals surface area (Å²) in [6, 6.07) is 14.4. The van der Waals surface area contributed by atoms with E-state index in [4.69, 9.17) is 19.5 Å². The molecule has 4 aromatic rings. The summed E-state index contributed by atoms with van der Waals surface area (Å²) in [5.74, 6) is 2.07. The van der Waals surface area contributed by atoms with Crippen LogP contribution in [0.2, 0.25) is 0 Å². The number of unbranched alkanes of at least 4 members (excludes halogenated alkanes) is 1. The number of piperazine rings is 1. The van der Waals surface area contributed by atoms with Gasteiger partial charge in [0.1, 0.15) is 0 Å². The van der Waals surface area contributed by atoms with Gasteiger partial charge in [0, 0.05) is 63.8 Å². The molecular weight excluding hydrogens is 414 g/mol. The smallest absolute Gasteiger partial charge is 0.228 e. The molecule has 4 heterocycles. The maximum atomic E-state index is 5.57. The molecule has 0 aliphatic carbocycles. The van der Waals surface area contributed by atoms with Gasteiger partial charge in [0.05, 0.1) is 6.26 Å². The van der Waals surface area contributed by atoms with Crippen molar-refractivity contribution >= 4 is 17.3 Å². The second-order valence-electron chi connectivity index (χ2n) is 8.61. The summed E-state index contributed by atoms with van der Waals surface area (Å²) in [6.45, 7) is 7.94. The average Bonchev–Trinajstić information content (AvgIpc) is 3.54. The van der Waals surface area contributed by atoms with E-state index < -0.39 is 0 Å². The first-order valence-corrected chi connectivity index (χ1v) is 11.7.